The molecular weight excluding hydrogens is 354 g/mol. The summed E-state index contributed by atoms with van der Waals surface area (Å²) in [5, 5.41) is 4.98. The molecule has 0 saturated heterocycles. The van der Waals surface area contributed by atoms with Crippen molar-refractivity contribution in [1.82, 2.24) is 9.88 Å². The second-order valence-corrected chi connectivity index (χ2v) is 6.27. The fraction of sp³-hybridized carbons (Fsp3) is 0.389. The van der Waals surface area contributed by atoms with E-state index < -0.39 is 0 Å². The molecule has 1 aromatic carbocycles. The predicted molar refractivity (Wildman–Crippen MR) is 101 cm³/mol. The highest BCUT2D eigenvalue weighted by molar-refractivity contribution is 7.14. The average molecular weight is 377 g/mol. The van der Waals surface area contributed by atoms with Crippen molar-refractivity contribution >= 4 is 28.3 Å². The van der Waals surface area contributed by atoms with Crippen LogP contribution in [0, 0.1) is 0 Å². The molecule has 2 aromatic rings. The lowest BCUT2D eigenvalue weighted by molar-refractivity contribution is -0.130. The van der Waals surface area contributed by atoms with E-state index in [1.54, 1.807) is 28.5 Å². The molecule has 2 amide bonds. The van der Waals surface area contributed by atoms with Crippen LogP contribution in [0.15, 0.2) is 23.6 Å². The van der Waals surface area contributed by atoms with Crippen LogP contribution in [0.3, 0.4) is 0 Å². The van der Waals surface area contributed by atoms with Gasteiger partial charge in [0.1, 0.15) is 0 Å². The standard InChI is InChI=1S/C18H23N3O4S/c1-5-21(6-2)16(22)10-13-11-26-18(19-13)20-17(23)12-7-8-14(24-3)15(9-12)25-4/h7-9,11H,5-6,10H2,1-4H3,(H,19,20,23). The minimum Gasteiger partial charge on any atom is -0.493 e. The number of hydrogen-bond acceptors (Lipinski definition) is 6. The smallest absolute Gasteiger partial charge is 0.257 e. The van der Waals surface area contributed by atoms with Gasteiger partial charge in [-0.2, -0.15) is 0 Å². The zero-order valence-electron chi connectivity index (χ0n) is 15.4. The summed E-state index contributed by atoms with van der Waals surface area (Å²) in [6.07, 6.45) is 0.227. The summed E-state index contributed by atoms with van der Waals surface area (Å²) >= 11 is 1.29. The van der Waals surface area contributed by atoms with E-state index in [1.165, 1.54) is 25.6 Å². The first-order valence-electron chi connectivity index (χ1n) is 8.27. The molecule has 0 saturated carbocycles. The Hall–Kier alpha value is -2.61. The minimum atomic E-state index is -0.304. The molecule has 1 heterocycles. The third-order valence-electron chi connectivity index (χ3n) is 3.87. The number of amides is 2. The van der Waals surface area contributed by atoms with Gasteiger partial charge in [0.2, 0.25) is 5.91 Å². The number of hydrogen-bond donors (Lipinski definition) is 1. The molecule has 140 valence electrons. The minimum absolute atomic E-state index is 0.0260. The number of aromatic nitrogens is 1. The van der Waals surface area contributed by atoms with Gasteiger partial charge in [-0.3, -0.25) is 14.9 Å². The van der Waals surface area contributed by atoms with Crippen molar-refractivity contribution in [2.45, 2.75) is 20.3 Å². The van der Waals surface area contributed by atoms with E-state index in [2.05, 4.69) is 10.3 Å². The first kappa shape index (κ1) is 19.7. The first-order valence-corrected chi connectivity index (χ1v) is 9.15. The van der Waals surface area contributed by atoms with E-state index in [0.29, 0.717) is 41.0 Å². The summed E-state index contributed by atoms with van der Waals surface area (Å²) in [5.41, 5.74) is 1.08. The average Bonchev–Trinajstić information content (AvgIpc) is 3.08. The van der Waals surface area contributed by atoms with Crippen LogP contribution in [0.5, 0.6) is 11.5 Å². The summed E-state index contributed by atoms with van der Waals surface area (Å²) in [5.74, 6) is 0.750. The van der Waals surface area contributed by atoms with Crippen LogP contribution in [0.4, 0.5) is 5.13 Å². The second-order valence-electron chi connectivity index (χ2n) is 5.41. The van der Waals surface area contributed by atoms with Crippen molar-refractivity contribution in [1.29, 1.82) is 0 Å². The van der Waals surface area contributed by atoms with Crippen LogP contribution >= 0.6 is 11.3 Å². The molecule has 0 radical (unpaired) electrons. The van der Waals surface area contributed by atoms with Crippen LogP contribution in [0.25, 0.3) is 0 Å². The Morgan fingerprint density at radius 1 is 1.15 bits per heavy atom. The lowest BCUT2D eigenvalue weighted by Gasteiger charge is -2.17. The van der Waals surface area contributed by atoms with Crippen molar-refractivity contribution in [3.05, 3.63) is 34.8 Å². The zero-order valence-corrected chi connectivity index (χ0v) is 16.2. The Kier molecular flexibility index (Phi) is 6.97. The Balaban J connectivity index is 2.04. The fourth-order valence-electron chi connectivity index (χ4n) is 2.44. The molecule has 0 aliphatic rings. The molecule has 1 aromatic heterocycles. The number of rotatable bonds is 8. The SMILES string of the molecule is CCN(CC)C(=O)Cc1csc(NC(=O)c2ccc(OC)c(OC)c2)n1. The number of carbonyl (C=O) groups is 2. The molecule has 7 nitrogen and oxygen atoms in total. The van der Waals surface area contributed by atoms with Gasteiger partial charge in [0.15, 0.2) is 16.6 Å². The zero-order chi connectivity index (χ0) is 19.1. The summed E-state index contributed by atoms with van der Waals surface area (Å²) in [4.78, 5) is 30.6. The maximum Gasteiger partial charge on any atom is 0.257 e. The van der Waals surface area contributed by atoms with E-state index in [4.69, 9.17) is 9.47 Å². The molecule has 1 N–H and O–H groups in total. The molecule has 0 bridgehead atoms. The molecule has 0 aliphatic heterocycles. The quantitative estimate of drug-likeness (QED) is 0.765. The van der Waals surface area contributed by atoms with Gasteiger partial charge in [-0.15, -0.1) is 11.3 Å². The third kappa shape index (κ3) is 4.72. The van der Waals surface area contributed by atoms with Crippen LogP contribution in [-0.4, -0.2) is 49.0 Å². The van der Waals surface area contributed by atoms with Crippen LogP contribution < -0.4 is 14.8 Å². The highest BCUT2D eigenvalue weighted by atomic mass is 32.1. The monoisotopic (exact) mass is 377 g/mol. The largest absolute Gasteiger partial charge is 0.493 e. The number of thiazole rings is 1. The fourth-order valence-corrected chi connectivity index (χ4v) is 3.14. The van der Waals surface area contributed by atoms with Gasteiger partial charge in [-0.05, 0) is 32.0 Å². The number of nitrogens with zero attached hydrogens (tertiary/aromatic N) is 2. The van der Waals surface area contributed by atoms with E-state index in [0.717, 1.165) is 0 Å². The van der Waals surface area contributed by atoms with Crippen molar-refractivity contribution in [2.24, 2.45) is 0 Å². The van der Waals surface area contributed by atoms with Crippen molar-refractivity contribution in [3.63, 3.8) is 0 Å². The molecule has 26 heavy (non-hydrogen) atoms. The van der Waals surface area contributed by atoms with Gasteiger partial charge < -0.3 is 14.4 Å². The number of benzene rings is 1. The normalized spacial score (nSPS) is 10.3. The van der Waals surface area contributed by atoms with Crippen LogP contribution in [0.1, 0.15) is 29.9 Å². The molecular formula is C18H23N3O4S. The number of nitrogens with one attached hydrogen (secondary N) is 1. The van der Waals surface area contributed by atoms with Crippen molar-refractivity contribution in [3.8, 4) is 11.5 Å². The molecule has 0 aliphatic carbocycles. The maximum absolute atomic E-state index is 12.4. The number of methoxy groups -OCH3 is 2. The Morgan fingerprint density at radius 2 is 1.85 bits per heavy atom. The summed E-state index contributed by atoms with van der Waals surface area (Å²) in [6.45, 7) is 5.22. The molecule has 0 fully saturated rings. The Morgan fingerprint density at radius 3 is 2.46 bits per heavy atom. The predicted octanol–water partition coefficient (Wildman–Crippen LogP) is 2.82. The van der Waals surface area contributed by atoms with Crippen molar-refractivity contribution < 1.29 is 19.1 Å². The Labute approximate surface area is 156 Å². The number of likely N-dealkylation sites (N-methyl/N-ethyl adjacent to an activating group) is 1. The van der Waals surface area contributed by atoms with E-state index in [1.807, 2.05) is 13.8 Å². The van der Waals surface area contributed by atoms with Crippen molar-refractivity contribution in [2.75, 3.05) is 32.6 Å². The van der Waals surface area contributed by atoms with E-state index in [-0.39, 0.29) is 18.2 Å². The van der Waals surface area contributed by atoms with Gasteiger partial charge in [0, 0.05) is 24.0 Å². The van der Waals surface area contributed by atoms with E-state index in [9.17, 15) is 9.59 Å². The summed E-state index contributed by atoms with van der Waals surface area (Å²) in [6, 6.07) is 4.92. The first-order chi connectivity index (χ1) is 12.5. The van der Waals surface area contributed by atoms with Gasteiger partial charge in [-0.1, -0.05) is 0 Å². The van der Waals surface area contributed by atoms with E-state index >= 15 is 0 Å². The lowest BCUT2D eigenvalue weighted by atomic mass is 10.2. The highest BCUT2D eigenvalue weighted by Crippen LogP contribution is 2.28. The topological polar surface area (TPSA) is 80.8 Å². The number of ether oxygens (including phenoxy) is 2. The Bertz CT molecular complexity index is 772. The van der Waals surface area contributed by atoms with Gasteiger partial charge in [-0.25, -0.2) is 4.98 Å². The van der Waals surface area contributed by atoms with Gasteiger partial charge in [0.05, 0.1) is 26.3 Å². The van der Waals surface area contributed by atoms with Crippen LogP contribution in [0.2, 0.25) is 0 Å². The summed E-state index contributed by atoms with van der Waals surface area (Å²) in [7, 11) is 3.05. The van der Waals surface area contributed by atoms with Crippen LogP contribution in [-0.2, 0) is 11.2 Å². The van der Waals surface area contributed by atoms with Gasteiger partial charge >= 0.3 is 0 Å². The second kappa shape index (κ2) is 9.19. The molecule has 0 spiro atoms. The number of anilines is 1. The molecule has 2 rings (SSSR count). The molecule has 0 unspecified atom stereocenters. The number of carbonyl (C=O) groups excluding carboxylic acids is 2. The van der Waals surface area contributed by atoms with Gasteiger partial charge in [0.25, 0.3) is 5.91 Å². The maximum atomic E-state index is 12.4. The lowest BCUT2D eigenvalue weighted by Crippen LogP contribution is -2.31. The highest BCUT2D eigenvalue weighted by Gasteiger charge is 2.15. The molecule has 0 atom stereocenters. The molecule has 8 heteroatoms. The third-order valence-corrected chi connectivity index (χ3v) is 4.67. The summed E-state index contributed by atoms with van der Waals surface area (Å²) < 4.78 is 10.4.